The molecule has 0 spiro atoms. The maximum Gasteiger partial charge on any atom is 0.328 e. The fraction of sp³-hybridized carbons (Fsp3) is 0.0625. The summed E-state index contributed by atoms with van der Waals surface area (Å²) in [7, 11) is -3.93. The van der Waals surface area contributed by atoms with Crippen molar-refractivity contribution in [2.75, 3.05) is 4.72 Å². The molecule has 0 aliphatic heterocycles. The fourth-order valence-corrected chi connectivity index (χ4v) is 2.87. The summed E-state index contributed by atoms with van der Waals surface area (Å²) >= 11 is 0. The quantitative estimate of drug-likeness (QED) is 0.823. The molecule has 0 aliphatic carbocycles. The molecule has 2 aromatic rings. The minimum Gasteiger partial charge on any atom is -0.478 e. The number of halogens is 1. The SMILES string of the molecule is Cc1ccc(S(=O)(=O)Nc2cc(C=CC(=O)O)ccc2F)cc1. The number of anilines is 1. The van der Waals surface area contributed by atoms with Crippen molar-refractivity contribution in [2.45, 2.75) is 11.8 Å². The largest absolute Gasteiger partial charge is 0.478 e. The number of carbonyl (C=O) groups is 1. The van der Waals surface area contributed by atoms with E-state index in [9.17, 15) is 17.6 Å². The minimum atomic E-state index is -3.93. The lowest BCUT2D eigenvalue weighted by atomic mass is 10.2. The molecule has 0 amide bonds. The molecule has 2 rings (SSSR count). The zero-order valence-electron chi connectivity index (χ0n) is 12.2. The van der Waals surface area contributed by atoms with Gasteiger partial charge >= 0.3 is 5.97 Å². The number of hydrogen-bond donors (Lipinski definition) is 2. The van der Waals surface area contributed by atoms with Crippen LogP contribution < -0.4 is 4.72 Å². The highest BCUT2D eigenvalue weighted by Crippen LogP contribution is 2.21. The lowest BCUT2D eigenvalue weighted by Crippen LogP contribution is -2.14. The first-order chi connectivity index (χ1) is 10.8. The van der Waals surface area contributed by atoms with Crippen LogP contribution in [-0.2, 0) is 14.8 Å². The van der Waals surface area contributed by atoms with Gasteiger partial charge in [0.25, 0.3) is 10.0 Å². The van der Waals surface area contributed by atoms with E-state index in [4.69, 9.17) is 5.11 Å². The Labute approximate surface area is 133 Å². The average Bonchev–Trinajstić information content (AvgIpc) is 2.48. The summed E-state index contributed by atoms with van der Waals surface area (Å²) in [6.45, 7) is 1.82. The molecule has 23 heavy (non-hydrogen) atoms. The Morgan fingerprint density at radius 3 is 2.43 bits per heavy atom. The molecule has 2 aromatic carbocycles. The molecule has 0 radical (unpaired) electrons. The van der Waals surface area contributed by atoms with Crippen LogP contribution >= 0.6 is 0 Å². The van der Waals surface area contributed by atoms with E-state index in [0.717, 1.165) is 17.7 Å². The van der Waals surface area contributed by atoms with E-state index in [-0.39, 0.29) is 10.6 Å². The van der Waals surface area contributed by atoms with Crippen LogP contribution in [0.25, 0.3) is 6.08 Å². The molecule has 0 aromatic heterocycles. The van der Waals surface area contributed by atoms with Crippen LogP contribution in [0.15, 0.2) is 53.4 Å². The van der Waals surface area contributed by atoms with E-state index in [1.807, 2.05) is 6.92 Å². The Morgan fingerprint density at radius 1 is 1.17 bits per heavy atom. The van der Waals surface area contributed by atoms with Crippen molar-refractivity contribution in [3.8, 4) is 0 Å². The van der Waals surface area contributed by atoms with Gasteiger partial charge in [0.1, 0.15) is 5.82 Å². The molecule has 0 unspecified atom stereocenters. The van der Waals surface area contributed by atoms with Gasteiger partial charge < -0.3 is 5.11 Å². The molecule has 7 heteroatoms. The third-order valence-electron chi connectivity index (χ3n) is 2.98. The minimum absolute atomic E-state index is 0.00832. The average molecular weight is 335 g/mol. The van der Waals surface area contributed by atoms with Gasteiger partial charge in [-0.2, -0.15) is 0 Å². The van der Waals surface area contributed by atoms with Crippen LogP contribution in [0.4, 0.5) is 10.1 Å². The van der Waals surface area contributed by atoms with Crippen molar-refractivity contribution in [2.24, 2.45) is 0 Å². The van der Waals surface area contributed by atoms with Gasteiger partial charge in [0, 0.05) is 6.08 Å². The molecule has 0 heterocycles. The second-order valence-electron chi connectivity index (χ2n) is 4.83. The highest BCUT2D eigenvalue weighted by Gasteiger charge is 2.16. The van der Waals surface area contributed by atoms with Crippen molar-refractivity contribution in [3.05, 3.63) is 65.5 Å². The van der Waals surface area contributed by atoms with E-state index in [1.54, 1.807) is 12.1 Å². The van der Waals surface area contributed by atoms with Crippen molar-refractivity contribution in [3.63, 3.8) is 0 Å². The van der Waals surface area contributed by atoms with Gasteiger partial charge in [-0.05, 0) is 42.8 Å². The number of sulfonamides is 1. The molecule has 120 valence electrons. The molecule has 0 saturated carbocycles. The molecule has 0 saturated heterocycles. The Balaban J connectivity index is 2.33. The number of hydrogen-bond acceptors (Lipinski definition) is 3. The van der Waals surface area contributed by atoms with E-state index in [1.165, 1.54) is 30.3 Å². The molecule has 0 fully saturated rings. The van der Waals surface area contributed by atoms with Gasteiger partial charge in [0.2, 0.25) is 0 Å². The highest BCUT2D eigenvalue weighted by molar-refractivity contribution is 7.92. The van der Waals surface area contributed by atoms with Crippen LogP contribution in [0.1, 0.15) is 11.1 Å². The summed E-state index contributed by atoms with van der Waals surface area (Å²) in [5, 5.41) is 8.58. The summed E-state index contributed by atoms with van der Waals surface area (Å²) in [6.07, 6.45) is 2.12. The first kappa shape index (κ1) is 16.7. The van der Waals surface area contributed by atoms with Crippen LogP contribution in [0.5, 0.6) is 0 Å². The summed E-state index contributed by atoms with van der Waals surface area (Å²) in [4.78, 5) is 10.5. The van der Waals surface area contributed by atoms with Crippen LogP contribution in [0, 0.1) is 12.7 Å². The van der Waals surface area contributed by atoms with Gasteiger partial charge in [0.05, 0.1) is 10.6 Å². The lowest BCUT2D eigenvalue weighted by Gasteiger charge is -2.10. The zero-order valence-corrected chi connectivity index (χ0v) is 13.0. The highest BCUT2D eigenvalue weighted by atomic mass is 32.2. The molecular formula is C16H14FNO4S. The number of rotatable bonds is 5. The predicted octanol–water partition coefficient (Wildman–Crippen LogP) is 3.03. The van der Waals surface area contributed by atoms with Crippen LogP contribution in [0.3, 0.4) is 0 Å². The maximum absolute atomic E-state index is 13.8. The number of aryl methyl sites for hydroxylation is 1. The number of aliphatic carboxylic acids is 1. The zero-order chi connectivity index (χ0) is 17.0. The number of benzene rings is 2. The van der Waals surface area contributed by atoms with E-state index in [0.29, 0.717) is 5.56 Å². The van der Waals surface area contributed by atoms with Crippen molar-refractivity contribution in [1.82, 2.24) is 0 Å². The molecular weight excluding hydrogens is 321 g/mol. The van der Waals surface area contributed by atoms with Crippen molar-refractivity contribution < 1.29 is 22.7 Å². The van der Waals surface area contributed by atoms with E-state index >= 15 is 0 Å². The van der Waals surface area contributed by atoms with E-state index in [2.05, 4.69) is 4.72 Å². The summed E-state index contributed by atoms with van der Waals surface area (Å²) in [6, 6.07) is 9.74. The number of nitrogens with one attached hydrogen (secondary N) is 1. The second kappa shape index (κ2) is 6.62. The molecule has 0 atom stereocenters. The first-order valence-electron chi connectivity index (χ1n) is 6.58. The second-order valence-corrected chi connectivity index (χ2v) is 6.51. The smallest absolute Gasteiger partial charge is 0.328 e. The molecule has 0 aliphatic rings. The van der Waals surface area contributed by atoms with Crippen molar-refractivity contribution in [1.29, 1.82) is 0 Å². The Bertz CT molecular complexity index is 858. The summed E-state index contributed by atoms with van der Waals surface area (Å²) < 4.78 is 40.5. The van der Waals surface area contributed by atoms with Crippen LogP contribution in [0.2, 0.25) is 0 Å². The normalized spacial score (nSPS) is 11.6. The molecule has 0 bridgehead atoms. The molecule has 2 N–H and O–H groups in total. The number of carboxylic acid groups (broad SMARTS) is 1. The Kier molecular flexibility index (Phi) is 4.80. The van der Waals surface area contributed by atoms with E-state index < -0.39 is 21.8 Å². The third kappa shape index (κ3) is 4.40. The summed E-state index contributed by atoms with van der Waals surface area (Å²) in [5.74, 6) is -1.91. The van der Waals surface area contributed by atoms with Gasteiger partial charge in [-0.15, -0.1) is 0 Å². The topological polar surface area (TPSA) is 83.5 Å². The predicted molar refractivity (Wildman–Crippen MR) is 85.1 cm³/mol. The first-order valence-corrected chi connectivity index (χ1v) is 8.06. The van der Waals surface area contributed by atoms with Gasteiger partial charge in [-0.25, -0.2) is 17.6 Å². The van der Waals surface area contributed by atoms with Gasteiger partial charge in [0.15, 0.2) is 0 Å². The standard InChI is InChI=1S/C16H14FNO4S/c1-11-2-6-13(7-3-11)23(21,22)18-15-10-12(4-8-14(15)17)5-9-16(19)20/h2-10,18H,1H3,(H,19,20). The van der Waals surface area contributed by atoms with Gasteiger partial charge in [-0.3, -0.25) is 4.72 Å². The lowest BCUT2D eigenvalue weighted by molar-refractivity contribution is -0.131. The third-order valence-corrected chi connectivity index (χ3v) is 4.37. The number of carboxylic acids is 1. The molecule has 5 nitrogen and oxygen atoms in total. The van der Waals surface area contributed by atoms with Crippen molar-refractivity contribution >= 4 is 27.8 Å². The maximum atomic E-state index is 13.8. The summed E-state index contributed by atoms with van der Waals surface area (Å²) in [5.41, 5.74) is 1.00. The van der Waals surface area contributed by atoms with Gasteiger partial charge in [-0.1, -0.05) is 23.8 Å². The van der Waals surface area contributed by atoms with Crippen LogP contribution in [-0.4, -0.2) is 19.5 Å². The Hall–Kier alpha value is -2.67. The monoisotopic (exact) mass is 335 g/mol. The Morgan fingerprint density at radius 2 is 1.83 bits per heavy atom. The fourth-order valence-electron chi connectivity index (χ4n) is 1.81.